The summed E-state index contributed by atoms with van der Waals surface area (Å²) in [6.07, 6.45) is 2.91. The summed E-state index contributed by atoms with van der Waals surface area (Å²) in [5.41, 5.74) is 0. The van der Waals surface area contributed by atoms with Crippen molar-refractivity contribution in [2.75, 3.05) is 20.0 Å². The Hall–Kier alpha value is -0.505. The van der Waals surface area contributed by atoms with Crippen LogP contribution in [-0.2, 0) is 4.79 Å². The van der Waals surface area contributed by atoms with Crippen LogP contribution in [0.4, 0.5) is 0 Å². The number of amides is 1. The molecular weight excluding hydrogens is 139 g/mol. The van der Waals surface area contributed by atoms with Gasteiger partial charge in [0.25, 0.3) is 0 Å². The fraction of sp³-hybridized carbons (Fsp3) is 0.857. The van der Waals surface area contributed by atoms with E-state index in [-0.39, 0.29) is 11.9 Å². The smallest absolute Gasteiger partial charge is 0.236 e. The molecule has 0 radical (unpaired) electrons. The summed E-state index contributed by atoms with van der Waals surface area (Å²) in [4.78, 5) is 13.4. The van der Waals surface area contributed by atoms with E-state index in [0.29, 0.717) is 0 Å². The molecule has 4 heteroatoms. The van der Waals surface area contributed by atoms with Crippen LogP contribution in [0.5, 0.6) is 0 Å². The normalized spacial score (nSPS) is 25.4. The lowest BCUT2D eigenvalue weighted by Gasteiger charge is -2.17. The number of nitrogens with one attached hydrogen (secondary N) is 1. The van der Waals surface area contributed by atoms with Crippen molar-refractivity contribution in [3.05, 3.63) is 0 Å². The predicted molar refractivity (Wildman–Crippen MR) is 47.2 cm³/mol. The van der Waals surface area contributed by atoms with Crippen molar-refractivity contribution in [2.45, 2.75) is 18.9 Å². The SMILES string of the molecule is BCNC(=O)C1CCCN1C. The van der Waals surface area contributed by atoms with Gasteiger partial charge in [-0.15, -0.1) is 0 Å². The fourth-order valence-corrected chi connectivity index (χ4v) is 1.53. The molecule has 3 nitrogen and oxygen atoms in total. The first-order valence-electron chi connectivity index (χ1n) is 4.23. The lowest BCUT2D eigenvalue weighted by molar-refractivity contribution is -0.124. The molecule has 0 saturated carbocycles. The van der Waals surface area contributed by atoms with Crippen molar-refractivity contribution in [2.24, 2.45) is 0 Å². The van der Waals surface area contributed by atoms with Crippen molar-refractivity contribution in [3.8, 4) is 0 Å². The van der Waals surface area contributed by atoms with Crippen LogP contribution in [0.25, 0.3) is 0 Å². The van der Waals surface area contributed by atoms with Gasteiger partial charge in [0, 0.05) is 0 Å². The fourth-order valence-electron chi connectivity index (χ4n) is 1.53. The van der Waals surface area contributed by atoms with Gasteiger partial charge in [-0.05, 0) is 32.9 Å². The van der Waals surface area contributed by atoms with Gasteiger partial charge in [0.1, 0.15) is 7.85 Å². The van der Waals surface area contributed by atoms with Gasteiger partial charge in [-0.3, -0.25) is 9.69 Å². The van der Waals surface area contributed by atoms with E-state index in [1.807, 2.05) is 14.9 Å². The van der Waals surface area contributed by atoms with Crippen molar-refractivity contribution in [3.63, 3.8) is 0 Å². The maximum absolute atomic E-state index is 11.3. The molecule has 0 aromatic rings. The van der Waals surface area contributed by atoms with E-state index in [1.54, 1.807) is 0 Å². The molecule has 11 heavy (non-hydrogen) atoms. The van der Waals surface area contributed by atoms with Crippen molar-refractivity contribution >= 4 is 13.8 Å². The molecule has 0 aromatic heterocycles. The van der Waals surface area contributed by atoms with Crippen molar-refractivity contribution in [1.82, 2.24) is 10.2 Å². The van der Waals surface area contributed by atoms with Crippen LogP contribution in [0, 0.1) is 0 Å². The third-order valence-corrected chi connectivity index (χ3v) is 2.17. The summed E-state index contributed by atoms with van der Waals surface area (Å²) in [5, 5.41) is 2.84. The largest absolute Gasteiger partial charge is 0.363 e. The molecular formula is C7H15BN2O. The number of hydrogen-bond acceptors (Lipinski definition) is 2. The van der Waals surface area contributed by atoms with Crippen LogP contribution in [0.3, 0.4) is 0 Å². The van der Waals surface area contributed by atoms with Gasteiger partial charge in [0.2, 0.25) is 5.91 Å². The minimum absolute atomic E-state index is 0.134. The number of likely N-dealkylation sites (tertiary alicyclic amines) is 1. The van der Waals surface area contributed by atoms with Gasteiger partial charge in [-0.2, -0.15) is 0 Å². The Labute approximate surface area is 68.5 Å². The quantitative estimate of drug-likeness (QED) is 0.506. The molecule has 0 aromatic carbocycles. The second kappa shape index (κ2) is 3.76. The highest BCUT2D eigenvalue weighted by Crippen LogP contribution is 2.14. The second-order valence-electron chi connectivity index (χ2n) is 3.03. The molecule has 1 fully saturated rings. The van der Waals surface area contributed by atoms with Gasteiger partial charge in [0.15, 0.2) is 0 Å². The Morgan fingerprint density at radius 2 is 2.55 bits per heavy atom. The Morgan fingerprint density at radius 3 is 3.00 bits per heavy atom. The molecule has 1 heterocycles. The van der Waals surface area contributed by atoms with E-state index in [0.717, 1.165) is 25.8 Å². The van der Waals surface area contributed by atoms with Gasteiger partial charge >= 0.3 is 0 Å². The zero-order chi connectivity index (χ0) is 8.27. The number of carbonyl (C=O) groups excluding carboxylic acids is 1. The molecule has 0 spiro atoms. The van der Waals surface area contributed by atoms with E-state index in [2.05, 4.69) is 10.2 Å². The van der Waals surface area contributed by atoms with Gasteiger partial charge in [0.05, 0.1) is 6.04 Å². The average Bonchev–Trinajstić information content (AvgIpc) is 2.36. The van der Waals surface area contributed by atoms with Crippen LogP contribution in [0.2, 0.25) is 0 Å². The third kappa shape index (κ3) is 1.96. The van der Waals surface area contributed by atoms with Gasteiger partial charge < -0.3 is 5.32 Å². The van der Waals surface area contributed by atoms with Crippen molar-refractivity contribution in [1.29, 1.82) is 0 Å². The molecule has 1 atom stereocenters. The highest BCUT2D eigenvalue weighted by Gasteiger charge is 2.26. The molecule has 1 rings (SSSR count). The summed E-state index contributed by atoms with van der Waals surface area (Å²) in [6.45, 7) is 1.06. The van der Waals surface area contributed by atoms with E-state index < -0.39 is 0 Å². The molecule has 1 N–H and O–H groups in total. The monoisotopic (exact) mass is 154 g/mol. The molecule has 1 aliphatic rings. The Bertz CT molecular complexity index is 151. The molecule has 62 valence electrons. The first-order valence-corrected chi connectivity index (χ1v) is 4.23. The standard InChI is InChI=1S/C7H15BN2O/c1-10-4-2-3-6(10)7(11)9-5-8/h6H,2-5,8H2,1H3,(H,9,11). The van der Waals surface area contributed by atoms with Gasteiger partial charge in [-0.25, -0.2) is 0 Å². The first kappa shape index (κ1) is 8.59. The number of nitrogens with zero attached hydrogens (tertiary/aromatic N) is 1. The van der Waals surface area contributed by atoms with Crippen LogP contribution in [-0.4, -0.2) is 44.7 Å². The lowest BCUT2D eigenvalue weighted by atomic mass is 10.1. The zero-order valence-electron chi connectivity index (χ0n) is 7.26. The maximum Gasteiger partial charge on any atom is 0.236 e. The first-order chi connectivity index (χ1) is 5.25. The van der Waals surface area contributed by atoms with E-state index in [4.69, 9.17) is 0 Å². The number of rotatable bonds is 2. The predicted octanol–water partition coefficient (Wildman–Crippen LogP) is -1.21. The highest BCUT2D eigenvalue weighted by molar-refractivity contribution is 6.10. The molecule has 1 aliphatic heterocycles. The van der Waals surface area contributed by atoms with E-state index in [1.165, 1.54) is 0 Å². The molecule has 0 aliphatic carbocycles. The van der Waals surface area contributed by atoms with Crippen LogP contribution >= 0.6 is 0 Å². The minimum atomic E-state index is 0.134. The average molecular weight is 154 g/mol. The maximum atomic E-state index is 11.3. The third-order valence-electron chi connectivity index (χ3n) is 2.17. The topological polar surface area (TPSA) is 32.3 Å². The molecule has 0 bridgehead atoms. The number of likely N-dealkylation sites (N-methyl/N-ethyl adjacent to an activating group) is 1. The molecule has 1 saturated heterocycles. The Balaban J connectivity index is 2.39. The molecule has 1 unspecified atom stereocenters. The zero-order valence-corrected chi connectivity index (χ0v) is 7.26. The van der Waals surface area contributed by atoms with Gasteiger partial charge in [-0.1, -0.05) is 0 Å². The summed E-state index contributed by atoms with van der Waals surface area (Å²) >= 11 is 0. The number of carbonyl (C=O) groups is 1. The second-order valence-corrected chi connectivity index (χ2v) is 3.03. The Kier molecular flexibility index (Phi) is 2.94. The van der Waals surface area contributed by atoms with Crippen LogP contribution in [0.15, 0.2) is 0 Å². The number of hydrogen-bond donors (Lipinski definition) is 1. The molecule has 1 amide bonds. The summed E-state index contributed by atoms with van der Waals surface area (Å²) < 4.78 is 0. The highest BCUT2D eigenvalue weighted by atomic mass is 16.2. The van der Waals surface area contributed by atoms with E-state index in [9.17, 15) is 4.79 Å². The van der Waals surface area contributed by atoms with E-state index >= 15 is 0 Å². The van der Waals surface area contributed by atoms with Crippen LogP contribution in [0.1, 0.15) is 12.8 Å². The minimum Gasteiger partial charge on any atom is -0.363 e. The summed E-state index contributed by atoms with van der Waals surface area (Å²) in [6, 6.07) is 0.134. The lowest BCUT2D eigenvalue weighted by Crippen LogP contribution is -2.41. The summed E-state index contributed by atoms with van der Waals surface area (Å²) in [7, 11) is 3.96. The van der Waals surface area contributed by atoms with Crippen molar-refractivity contribution < 1.29 is 4.79 Å². The van der Waals surface area contributed by atoms with Crippen LogP contribution < -0.4 is 5.32 Å². The summed E-state index contributed by atoms with van der Waals surface area (Å²) in [5.74, 6) is 0.188. The Morgan fingerprint density at radius 1 is 1.82 bits per heavy atom.